The van der Waals surface area contributed by atoms with Crippen molar-refractivity contribution in [2.45, 2.75) is 6.42 Å². The van der Waals surface area contributed by atoms with Gasteiger partial charge in [0, 0.05) is 44.8 Å². The second kappa shape index (κ2) is 10.3. The van der Waals surface area contributed by atoms with E-state index in [1.165, 1.54) is 12.1 Å². The minimum absolute atomic E-state index is 0.142. The van der Waals surface area contributed by atoms with E-state index in [1.54, 1.807) is 12.1 Å². The summed E-state index contributed by atoms with van der Waals surface area (Å²) in [4.78, 5) is 18.6. The number of hydrogen-bond acceptors (Lipinski definition) is 6. The number of hydrogen-bond donors (Lipinski definition) is 1. The van der Waals surface area contributed by atoms with E-state index < -0.39 is 0 Å². The van der Waals surface area contributed by atoms with E-state index in [4.69, 9.17) is 0 Å². The van der Waals surface area contributed by atoms with Gasteiger partial charge in [-0.1, -0.05) is 0 Å². The topological polar surface area (TPSA) is 64.6 Å². The maximum atomic E-state index is 13.1. The molecule has 1 aromatic heterocycles. The van der Waals surface area contributed by atoms with Gasteiger partial charge in [-0.05, 0) is 56.9 Å². The highest BCUT2D eigenvalue weighted by atomic mass is 19.1. The molecule has 3 rings (SSSR count). The second-order valence-electron chi connectivity index (χ2n) is 7.49. The summed E-state index contributed by atoms with van der Waals surface area (Å²) >= 11 is 0. The Labute approximate surface area is 171 Å². The van der Waals surface area contributed by atoms with Crippen molar-refractivity contribution in [3.8, 4) is 11.3 Å². The first kappa shape index (κ1) is 21.1. The van der Waals surface area contributed by atoms with Crippen LogP contribution in [0.25, 0.3) is 11.3 Å². The minimum Gasteiger partial charge on any atom is -0.353 e. The van der Waals surface area contributed by atoms with Crippen molar-refractivity contribution >= 4 is 11.7 Å². The fourth-order valence-electron chi connectivity index (χ4n) is 3.27. The smallest absolute Gasteiger partial charge is 0.236 e. The molecule has 0 radical (unpaired) electrons. The standard InChI is InChI=1S/C21H29FN6O/c1-26(2)13-10-23-16-21(29)28-12-3-11-27(14-15-28)20-9-8-19(24-25-20)17-4-6-18(22)7-5-17/h4-9,23H,3,10-16H2,1-2H3. The molecule has 7 nitrogen and oxygen atoms in total. The number of benzene rings is 1. The van der Waals surface area contributed by atoms with Crippen LogP contribution in [0.4, 0.5) is 10.2 Å². The highest BCUT2D eigenvalue weighted by Gasteiger charge is 2.20. The Morgan fingerprint density at radius 3 is 2.55 bits per heavy atom. The zero-order chi connectivity index (χ0) is 20.6. The lowest BCUT2D eigenvalue weighted by atomic mass is 10.1. The number of nitrogens with one attached hydrogen (secondary N) is 1. The van der Waals surface area contributed by atoms with Crippen LogP contribution in [0.3, 0.4) is 0 Å². The normalized spacial score (nSPS) is 14.9. The quantitative estimate of drug-likeness (QED) is 0.711. The van der Waals surface area contributed by atoms with E-state index in [2.05, 4.69) is 25.3 Å². The zero-order valence-electron chi connectivity index (χ0n) is 17.1. The van der Waals surface area contributed by atoms with Gasteiger partial charge in [-0.15, -0.1) is 10.2 Å². The van der Waals surface area contributed by atoms with Gasteiger partial charge in [0.05, 0.1) is 12.2 Å². The Morgan fingerprint density at radius 1 is 1.07 bits per heavy atom. The number of nitrogens with zero attached hydrogens (tertiary/aromatic N) is 5. The Kier molecular flexibility index (Phi) is 7.48. The van der Waals surface area contributed by atoms with E-state index >= 15 is 0 Å². The maximum absolute atomic E-state index is 13.1. The van der Waals surface area contributed by atoms with E-state index in [-0.39, 0.29) is 11.7 Å². The Hall–Kier alpha value is -2.58. The molecule has 8 heteroatoms. The van der Waals surface area contributed by atoms with Crippen molar-refractivity contribution in [3.63, 3.8) is 0 Å². The highest BCUT2D eigenvalue weighted by Crippen LogP contribution is 2.19. The summed E-state index contributed by atoms with van der Waals surface area (Å²) in [6.07, 6.45) is 0.894. The molecule has 0 aliphatic carbocycles. The highest BCUT2D eigenvalue weighted by molar-refractivity contribution is 5.78. The molecular formula is C21H29FN6O. The van der Waals surface area contributed by atoms with Gasteiger partial charge in [0.25, 0.3) is 0 Å². The molecule has 2 heterocycles. The molecule has 1 N–H and O–H groups in total. The van der Waals surface area contributed by atoms with Crippen LogP contribution in [-0.2, 0) is 4.79 Å². The van der Waals surface area contributed by atoms with Crippen molar-refractivity contribution in [1.29, 1.82) is 0 Å². The Balaban J connectivity index is 1.52. The van der Waals surface area contributed by atoms with Gasteiger partial charge in [0.1, 0.15) is 5.82 Å². The molecule has 29 heavy (non-hydrogen) atoms. The van der Waals surface area contributed by atoms with E-state index in [0.29, 0.717) is 18.8 Å². The van der Waals surface area contributed by atoms with Crippen LogP contribution in [0.1, 0.15) is 6.42 Å². The number of anilines is 1. The molecule has 0 spiro atoms. The van der Waals surface area contributed by atoms with Crippen LogP contribution in [0.5, 0.6) is 0 Å². The predicted octanol–water partition coefficient (Wildman–Crippen LogP) is 1.47. The first-order valence-electron chi connectivity index (χ1n) is 10.0. The van der Waals surface area contributed by atoms with Gasteiger partial charge in [-0.25, -0.2) is 4.39 Å². The van der Waals surface area contributed by atoms with Crippen molar-refractivity contribution in [2.75, 3.05) is 64.8 Å². The van der Waals surface area contributed by atoms with Crippen molar-refractivity contribution in [2.24, 2.45) is 0 Å². The number of aromatic nitrogens is 2. The van der Waals surface area contributed by atoms with Gasteiger partial charge in [-0.3, -0.25) is 4.79 Å². The Morgan fingerprint density at radius 2 is 1.86 bits per heavy atom. The summed E-state index contributed by atoms with van der Waals surface area (Å²) in [5, 5.41) is 11.9. The Bertz CT molecular complexity index is 781. The van der Waals surface area contributed by atoms with Crippen LogP contribution in [-0.4, -0.2) is 85.8 Å². The molecular weight excluding hydrogens is 371 g/mol. The van der Waals surface area contributed by atoms with Crippen LogP contribution < -0.4 is 10.2 Å². The molecule has 1 fully saturated rings. The summed E-state index contributed by atoms with van der Waals surface area (Å²) in [7, 11) is 4.03. The molecule has 0 unspecified atom stereocenters. The summed E-state index contributed by atoms with van der Waals surface area (Å²) in [6, 6.07) is 10.1. The number of halogens is 1. The average molecular weight is 401 g/mol. The van der Waals surface area contributed by atoms with Gasteiger partial charge < -0.3 is 20.0 Å². The number of carbonyl (C=O) groups is 1. The first-order valence-corrected chi connectivity index (χ1v) is 10.0. The fourth-order valence-corrected chi connectivity index (χ4v) is 3.27. The zero-order valence-corrected chi connectivity index (χ0v) is 17.1. The molecule has 1 amide bonds. The monoisotopic (exact) mass is 400 g/mol. The number of likely N-dealkylation sites (N-methyl/N-ethyl adjacent to an activating group) is 1. The SMILES string of the molecule is CN(C)CCNCC(=O)N1CCCN(c2ccc(-c3ccc(F)cc3)nn2)CC1. The molecule has 2 aromatic rings. The molecule has 1 aromatic carbocycles. The molecule has 1 saturated heterocycles. The third-order valence-electron chi connectivity index (χ3n) is 4.98. The van der Waals surface area contributed by atoms with E-state index in [0.717, 1.165) is 50.5 Å². The summed E-state index contributed by atoms with van der Waals surface area (Å²) in [5.74, 6) is 0.674. The van der Waals surface area contributed by atoms with Crippen LogP contribution in [0.15, 0.2) is 36.4 Å². The third kappa shape index (κ3) is 6.20. The number of carbonyl (C=O) groups excluding carboxylic acids is 1. The van der Waals surface area contributed by atoms with E-state index in [9.17, 15) is 9.18 Å². The molecule has 156 valence electrons. The predicted molar refractivity (Wildman–Crippen MR) is 112 cm³/mol. The van der Waals surface area contributed by atoms with Crippen molar-refractivity contribution in [3.05, 3.63) is 42.2 Å². The van der Waals surface area contributed by atoms with Gasteiger partial charge in [0.2, 0.25) is 5.91 Å². The van der Waals surface area contributed by atoms with Crippen molar-refractivity contribution < 1.29 is 9.18 Å². The van der Waals surface area contributed by atoms with Crippen molar-refractivity contribution in [1.82, 2.24) is 25.3 Å². The van der Waals surface area contributed by atoms with Gasteiger partial charge in [0.15, 0.2) is 5.82 Å². The second-order valence-corrected chi connectivity index (χ2v) is 7.49. The minimum atomic E-state index is -0.269. The molecule has 0 bridgehead atoms. The average Bonchev–Trinajstić information content (AvgIpc) is 2.98. The lowest BCUT2D eigenvalue weighted by molar-refractivity contribution is -0.130. The van der Waals surface area contributed by atoms with Crippen LogP contribution >= 0.6 is 0 Å². The van der Waals surface area contributed by atoms with Crippen LogP contribution in [0.2, 0.25) is 0 Å². The first-order chi connectivity index (χ1) is 14.0. The fraction of sp³-hybridized carbons (Fsp3) is 0.476. The summed E-state index contributed by atoms with van der Waals surface area (Å²) in [5.41, 5.74) is 1.55. The summed E-state index contributed by atoms with van der Waals surface area (Å²) in [6.45, 7) is 5.08. The maximum Gasteiger partial charge on any atom is 0.236 e. The van der Waals surface area contributed by atoms with Gasteiger partial charge in [-0.2, -0.15) is 0 Å². The van der Waals surface area contributed by atoms with Crippen LogP contribution in [0, 0.1) is 5.82 Å². The third-order valence-corrected chi connectivity index (χ3v) is 4.98. The lowest BCUT2D eigenvalue weighted by Crippen LogP contribution is -2.41. The molecule has 1 aliphatic rings. The molecule has 0 saturated carbocycles. The summed E-state index contributed by atoms with van der Waals surface area (Å²) < 4.78 is 13.1. The van der Waals surface area contributed by atoms with E-state index in [1.807, 2.05) is 31.1 Å². The largest absolute Gasteiger partial charge is 0.353 e. The molecule has 0 atom stereocenters. The number of rotatable bonds is 7. The molecule has 1 aliphatic heterocycles. The van der Waals surface area contributed by atoms with Gasteiger partial charge >= 0.3 is 0 Å². The lowest BCUT2D eigenvalue weighted by Gasteiger charge is -2.23. The number of amides is 1.